The maximum Gasteiger partial charge on any atom is 0.139 e. The van der Waals surface area contributed by atoms with E-state index < -0.39 is 0 Å². The first kappa shape index (κ1) is 12.3. The Morgan fingerprint density at radius 1 is 1.41 bits per heavy atom. The third kappa shape index (κ3) is 2.76. The van der Waals surface area contributed by atoms with Crippen LogP contribution in [0.2, 0.25) is 0 Å². The number of hydrogen-bond acceptors (Lipinski definition) is 2. The van der Waals surface area contributed by atoms with Crippen LogP contribution in [0.15, 0.2) is 12.4 Å². The summed E-state index contributed by atoms with van der Waals surface area (Å²) in [6, 6.07) is 0. The van der Waals surface area contributed by atoms with Gasteiger partial charge in [0.1, 0.15) is 11.6 Å². The zero-order valence-electron chi connectivity index (χ0n) is 10.9. The van der Waals surface area contributed by atoms with Crippen LogP contribution in [-0.4, -0.2) is 15.3 Å². The summed E-state index contributed by atoms with van der Waals surface area (Å²) in [7, 11) is 1.98. The molecule has 0 amide bonds. The third-order valence-corrected chi connectivity index (χ3v) is 4.13. The average molecular weight is 234 g/mol. The quantitative estimate of drug-likeness (QED) is 0.803. The van der Waals surface area contributed by atoms with Crippen LogP contribution in [0.1, 0.15) is 51.3 Å². The zero-order valence-corrected chi connectivity index (χ0v) is 10.9. The summed E-state index contributed by atoms with van der Waals surface area (Å²) in [6.45, 7) is 2.15. The van der Waals surface area contributed by atoms with Gasteiger partial charge in [-0.3, -0.25) is 4.79 Å². The Morgan fingerprint density at radius 3 is 2.71 bits per heavy atom. The van der Waals surface area contributed by atoms with E-state index in [1.807, 2.05) is 17.8 Å². The summed E-state index contributed by atoms with van der Waals surface area (Å²) in [5.41, 5.74) is -0.0522. The van der Waals surface area contributed by atoms with Crippen molar-refractivity contribution in [1.29, 1.82) is 0 Å². The van der Waals surface area contributed by atoms with Gasteiger partial charge in [0, 0.05) is 37.7 Å². The summed E-state index contributed by atoms with van der Waals surface area (Å²) >= 11 is 0. The molecule has 0 saturated heterocycles. The molecule has 1 fully saturated rings. The highest BCUT2D eigenvalue weighted by atomic mass is 16.1. The van der Waals surface area contributed by atoms with Gasteiger partial charge in [0.05, 0.1) is 0 Å². The van der Waals surface area contributed by atoms with Crippen molar-refractivity contribution in [1.82, 2.24) is 9.55 Å². The van der Waals surface area contributed by atoms with E-state index in [1.54, 1.807) is 6.20 Å². The third-order valence-electron chi connectivity index (χ3n) is 4.13. The molecule has 3 heteroatoms. The van der Waals surface area contributed by atoms with Gasteiger partial charge in [-0.05, 0) is 12.8 Å². The van der Waals surface area contributed by atoms with E-state index in [0.29, 0.717) is 12.2 Å². The monoisotopic (exact) mass is 234 g/mol. The van der Waals surface area contributed by atoms with Crippen LogP contribution in [0, 0.1) is 5.41 Å². The fourth-order valence-electron chi connectivity index (χ4n) is 2.78. The number of rotatable bonds is 4. The molecule has 0 unspecified atom stereocenters. The Labute approximate surface area is 103 Å². The Kier molecular flexibility index (Phi) is 3.65. The molecule has 0 N–H and O–H groups in total. The van der Waals surface area contributed by atoms with Crippen molar-refractivity contribution in [3.05, 3.63) is 18.2 Å². The molecule has 17 heavy (non-hydrogen) atoms. The van der Waals surface area contributed by atoms with Crippen molar-refractivity contribution in [2.24, 2.45) is 12.5 Å². The lowest BCUT2D eigenvalue weighted by molar-refractivity contribution is -0.129. The number of hydrogen-bond donors (Lipinski definition) is 0. The van der Waals surface area contributed by atoms with Gasteiger partial charge in [0.2, 0.25) is 0 Å². The number of ketones is 1. The molecular formula is C14H22N2O. The SMILES string of the molecule is Cn1ccnc1CCC(=O)C1(C)CCCCC1. The molecule has 0 aromatic carbocycles. The number of imidazole rings is 1. The smallest absolute Gasteiger partial charge is 0.139 e. The van der Waals surface area contributed by atoms with E-state index in [0.717, 1.165) is 25.1 Å². The van der Waals surface area contributed by atoms with Crippen molar-refractivity contribution < 1.29 is 4.79 Å². The Hall–Kier alpha value is -1.12. The van der Waals surface area contributed by atoms with Gasteiger partial charge in [-0.2, -0.15) is 0 Å². The summed E-state index contributed by atoms with van der Waals surface area (Å²) in [4.78, 5) is 16.6. The van der Waals surface area contributed by atoms with Crippen molar-refractivity contribution in [3.8, 4) is 0 Å². The molecule has 1 aromatic rings. The van der Waals surface area contributed by atoms with Crippen molar-refractivity contribution in [2.75, 3.05) is 0 Å². The van der Waals surface area contributed by atoms with E-state index in [9.17, 15) is 4.79 Å². The molecule has 2 rings (SSSR count). The van der Waals surface area contributed by atoms with E-state index in [2.05, 4.69) is 11.9 Å². The number of carbonyl (C=O) groups excluding carboxylic acids is 1. The minimum absolute atomic E-state index is 0.0522. The molecule has 1 aromatic heterocycles. The van der Waals surface area contributed by atoms with Crippen LogP contribution < -0.4 is 0 Å². The maximum atomic E-state index is 12.3. The van der Waals surface area contributed by atoms with Crippen LogP contribution in [0.5, 0.6) is 0 Å². The predicted molar refractivity (Wildman–Crippen MR) is 67.7 cm³/mol. The molecule has 3 nitrogen and oxygen atoms in total. The highest BCUT2D eigenvalue weighted by Crippen LogP contribution is 2.37. The first-order valence-electron chi connectivity index (χ1n) is 6.61. The number of aromatic nitrogens is 2. The van der Waals surface area contributed by atoms with E-state index in [1.165, 1.54) is 19.3 Å². The van der Waals surface area contributed by atoms with Crippen LogP contribution in [0.3, 0.4) is 0 Å². The number of aryl methyl sites for hydroxylation is 2. The first-order chi connectivity index (χ1) is 8.12. The van der Waals surface area contributed by atoms with Gasteiger partial charge in [0.25, 0.3) is 0 Å². The molecule has 0 aliphatic heterocycles. The lowest BCUT2D eigenvalue weighted by Gasteiger charge is -2.32. The summed E-state index contributed by atoms with van der Waals surface area (Å²) in [5, 5.41) is 0. The predicted octanol–water partition coefficient (Wildman–Crippen LogP) is 2.89. The topological polar surface area (TPSA) is 34.9 Å². The van der Waals surface area contributed by atoms with Crippen molar-refractivity contribution in [3.63, 3.8) is 0 Å². The molecular weight excluding hydrogens is 212 g/mol. The van der Waals surface area contributed by atoms with E-state index >= 15 is 0 Å². The molecule has 1 aliphatic carbocycles. The minimum atomic E-state index is -0.0522. The number of nitrogens with zero attached hydrogens (tertiary/aromatic N) is 2. The minimum Gasteiger partial charge on any atom is -0.338 e. The van der Waals surface area contributed by atoms with Gasteiger partial charge in [-0.15, -0.1) is 0 Å². The second kappa shape index (κ2) is 5.03. The van der Waals surface area contributed by atoms with Crippen molar-refractivity contribution >= 4 is 5.78 Å². The fourth-order valence-corrected chi connectivity index (χ4v) is 2.78. The Morgan fingerprint density at radius 2 is 2.12 bits per heavy atom. The summed E-state index contributed by atoms with van der Waals surface area (Å²) in [5.74, 6) is 1.44. The second-order valence-corrected chi connectivity index (χ2v) is 5.50. The molecule has 1 aliphatic rings. The fraction of sp³-hybridized carbons (Fsp3) is 0.714. The standard InChI is InChI=1S/C14H22N2O/c1-14(8-4-3-5-9-14)12(17)6-7-13-15-10-11-16(13)2/h10-11H,3-9H2,1-2H3. The van der Waals surface area contributed by atoms with Crippen LogP contribution in [-0.2, 0) is 18.3 Å². The number of carbonyl (C=O) groups is 1. The van der Waals surface area contributed by atoms with Gasteiger partial charge >= 0.3 is 0 Å². The average Bonchev–Trinajstić information content (AvgIpc) is 2.73. The highest BCUT2D eigenvalue weighted by Gasteiger charge is 2.33. The molecule has 0 spiro atoms. The van der Waals surface area contributed by atoms with Crippen LogP contribution in [0.4, 0.5) is 0 Å². The lowest BCUT2D eigenvalue weighted by atomic mass is 9.72. The van der Waals surface area contributed by atoms with E-state index in [-0.39, 0.29) is 5.41 Å². The largest absolute Gasteiger partial charge is 0.338 e. The molecule has 0 atom stereocenters. The highest BCUT2D eigenvalue weighted by molar-refractivity contribution is 5.84. The summed E-state index contributed by atoms with van der Waals surface area (Å²) in [6.07, 6.45) is 11.0. The number of Topliss-reactive ketones (excluding diaryl/α,β-unsaturated/α-hetero) is 1. The van der Waals surface area contributed by atoms with Gasteiger partial charge in [-0.1, -0.05) is 26.2 Å². The normalized spacial score (nSPS) is 19.2. The Bertz CT molecular complexity index is 389. The molecule has 1 saturated carbocycles. The first-order valence-corrected chi connectivity index (χ1v) is 6.61. The van der Waals surface area contributed by atoms with Gasteiger partial charge in [0.15, 0.2) is 0 Å². The van der Waals surface area contributed by atoms with E-state index in [4.69, 9.17) is 0 Å². The zero-order chi connectivity index (χ0) is 12.3. The van der Waals surface area contributed by atoms with Crippen LogP contribution in [0.25, 0.3) is 0 Å². The summed E-state index contributed by atoms with van der Waals surface area (Å²) < 4.78 is 2.00. The van der Waals surface area contributed by atoms with Gasteiger partial charge in [-0.25, -0.2) is 4.98 Å². The Balaban J connectivity index is 1.91. The molecule has 1 heterocycles. The maximum absolute atomic E-state index is 12.3. The second-order valence-electron chi connectivity index (χ2n) is 5.50. The molecule has 94 valence electrons. The lowest BCUT2D eigenvalue weighted by Crippen LogP contribution is -2.30. The molecule has 0 bridgehead atoms. The van der Waals surface area contributed by atoms with Crippen molar-refractivity contribution in [2.45, 2.75) is 51.9 Å². The van der Waals surface area contributed by atoms with Gasteiger partial charge < -0.3 is 4.57 Å². The van der Waals surface area contributed by atoms with Crippen LogP contribution >= 0.6 is 0 Å². The molecule has 0 radical (unpaired) electrons.